The molecule has 0 radical (unpaired) electrons. The first-order chi connectivity index (χ1) is 18.0. The lowest BCUT2D eigenvalue weighted by molar-refractivity contribution is -0.240. The number of hydrogen-bond donors (Lipinski definition) is 1. The van der Waals surface area contributed by atoms with Crippen LogP contribution in [0.15, 0.2) is 91.0 Å². The van der Waals surface area contributed by atoms with E-state index in [0.29, 0.717) is 26.2 Å². The minimum atomic E-state index is -2.83. The van der Waals surface area contributed by atoms with Gasteiger partial charge in [0.15, 0.2) is 5.79 Å². The first kappa shape index (κ1) is 28.7. The van der Waals surface area contributed by atoms with Crippen molar-refractivity contribution in [3.8, 4) is 0 Å². The van der Waals surface area contributed by atoms with Crippen LogP contribution >= 0.6 is 0 Å². The molecule has 4 rings (SSSR count). The summed E-state index contributed by atoms with van der Waals surface area (Å²) in [6.07, 6.45) is 0.257. The van der Waals surface area contributed by atoms with Crippen molar-refractivity contribution >= 4 is 18.7 Å². The lowest BCUT2D eigenvalue weighted by atomic mass is 9.89. The van der Waals surface area contributed by atoms with Crippen molar-refractivity contribution in [3.63, 3.8) is 0 Å². The summed E-state index contributed by atoms with van der Waals surface area (Å²) in [7, 11) is -2.83. The van der Waals surface area contributed by atoms with Crippen molar-refractivity contribution in [2.24, 2.45) is 0 Å². The Kier molecular flexibility index (Phi) is 8.62. The molecule has 3 aromatic rings. The summed E-state index contributed by atoms with van der Waals surface area (Å²) in [5.41, 5.74) is 0.202. The fourth-order valence-electron chi connectivity index (χ4n) is 5.71. The minimum absolute atomic E-state index is 0.179. The smallest absolute Gasteiger partial charge is 0.261 e. The van der Waals surface area contributed by atoms with E-state index in [-0.39, 0.29) is 11.1 Å². The monoisotopic (exact) mass is 533 g/mol. The Hall–Kier alpha value is -2.32. The molecule has 38 heavy (non-hydrogen) atoms. The predicted molar refractivity (Wildman–Crippen MR) is 155 cm³/mol. The van der Waals surface area contributed by atoms with Gasteiger partial charge in [0.1, 0.15) is 6.10 Å². The Morgan fingerprint density at radius 1 is 0.895 bits per heavy atom. The van der Waals surface area contributed by atoms with Gasteiger partial charge in [-0.3, -0.25) is 0 Å². The molecule has 6 heteroatoms. The second-order valence-electron chi connectivity index (χ2n) is 11.8. The van der Waals surface area contributed by atoms with E-state index in [1.807, 2.05) is 56.3 Å². The van der Waals surface area contributed by atoms with Gasteiger partial charge >= 0.3 is 0 Å². The van der Waals surface area contributed by atoms with E-state index in [9.17, 15) is 5.21 Å². The van der Waals surface area contributed by atoms with Gasteiger partial charge in [-0.25, -0.2) is 0 Å². The van der Waals surface area contributed by atoms with Gasteiger partial charge in [-0.05, 0) is 41.2 Å². The van der Waals surface area contributed by atoms with Crippen LogP contribution in [-0.2, 0) is 20.4 Å². The molecule has 0 bridgehead atoms. The zero-order chi connectivity index (χ0) is 27.4. The minimum Gasteiger partial charge on any atom is -0.405 e. The molecular weight excluding hydrogens is 490 g/mol. The normalized spacial score (nSPS) is 19.4. The summed E-state index contributed by atoms with van der Waals surface area (Å²) < 4.78 is 19.8. The zero-order valence-corrected chi connectivity index (χ0v) is 24.7. The van der Waals surface area contributed by atoms with Gasteiger partial charge in [0.05, 0.1) is 18.8 Å². The molecule has 1 aliphatic heterocycles. The molecule has 2 atom stereocenters. The van der Waals surface area contributed by atoms with Crippen molar-refractivity contribution in [3.05, 3.63) is 96.6 Å². The third kappa shape index (κ3) is 5.66. The first-order valence-electron chi connectivity index (χ1n) is 13.6. The maximum Gasteiger partial charge on any atom is 0.261 e. The first-order valence-corrected chi connectivity index (χ1v) is 15.5. The molecule has 1 heterocycles. The number of nitrogens with zero attached hydrogens (tertiary/aromatic N) is 1. The molecule has 0 aromatic heterocycles. The van der Waals surface area contributed by atoms with Gasteiger partial charge in [-0.15, -0.1) is 0 Å². The molecule has 1 N–H and O–H groups in total. The third-order valence-electron chi connectivity index (χ3n) is 7.86. The SMILES string of the molecule is CC[C@](CO[Si](c1ccccc1)(c1ccccc1)C(C)(C)C)([C@@H]1COC(C)(C)O1)N(O)Cc1ccccc1. The maximum atomic E-state index is 11.8. The summed E-state index contributed by atoms with van der Waals surface area (Å²) in [6.45, 7) is 13.8. The van der Waals surface area contributed by atoms with Crippen LogP contribution in [0.3, 0.4) is 0 Å². The Morgan fingerprint density at radius 2 is 1.39 bits per heavy atom. The quantitative estimate of drug-likeness (QED) is 0.265. The molecule has 1 saturated heterocycles. The zero-order valence-electron chi connectivity index (χ0n) is 23.7. The van der Waals surface area contributed by atoms with Crippen molar-refractivity contribution in [2.45, 2.75) is 77.0 Å². The standard InChI is InChI=1S/C32H43NO4Si/c1-7-32(29-24-35-31(5,6)37-29,33(34)23-26-17-11-8-12-18-26)25-36-38(30(2,3)4,27-19-13-9-14-20-27)28-21-15-10-16-22-28/h8-22,29,34H,7,23-25H2,1-6H3/t29-,32-/m0/s1. The lowest BCUT2D eigenvalue weighted by Gasteiger charge is -2.48. The summed E-state index contributed by atoms with van der Waals surface area (Å²) in [5, 5.41) is 15.5. The molecule has 0 spiro atoms. The van der Waals surface area contributed by atoms with Crippen LogP contribution in [0.4, 0.5) is 0 Å². The van der Waals surface area contributed by atoms with Crippen LogP contribution in [0.5, 0.6) is 0 Å². The second kappa shape index (κ2) is 11.4. The second-order valence-corrected chi connectivity index (χ2v) is 16.1. The highest BCUT2D eigenvalue weighted by atomic mass is 28.4. The fraction of sp³-hybridized carbons (Fsp3) is 0.438. The van der Waals surface area contributed by atoms with Gasteiger partial charge in [-0.2, -0.15) is 5.06 Å². The van der Waals surface area contributed by atoms with E-state index >= 15 is 0 Å². The number of hydroxylamine groups is 2. The molecule has 0 unspecified atom stereocenters. The van der Waals surface area contributed by atoms with E-state index in [1.54, 1.807) is 0 Å². The topological polar surface area (TPSA) is 51.2 Å². The molecule has 0 amide bonds. The van der Waals surface area contributed by atoms with E-state index in [0.717, 1.165) is 5.56 Å². The molecular formula is C32H43NO4Si. The van der Waals surface area contributed by atoms with Crippen LogP contribution in [0.1, 0.15) is 53.5 Å². The van der Waals surface area contributed by atoms with Crippen LogP contribution in [-0.4, -0.2) is 49.2 Å². The third-order valence-corrected chi connectivity index (χ3v) is 12.8. The van der Waals surface area contributed by atoms with Crippen LogP contribution in [0.25, 0.3) is 0 Å². The van der Waals surface area contributed by atoms with E-state index in [2.05, 4.69) is 76.2 Å². The molecule has 204 valence electrons. The largest absolute Gasteiger partial charge is 0.405 e. The van der Waals surface area contributed by atoms with Crippen LogP contribution < -0.4 is 10.4 Å². The highest BCUT2D eigenvalue weighted by Crippen LogP contribution is 2.40. The molecule has 0 saturated carbocycles. The van der Waals surface area contributed by atoms with Crippen molar-refractivity contribution in [1.29, 1.82) is 0 Å². The summed E-state index contributed by atoms with van der Waals surface area (Å²) in [4.78, 5) is 0. The molecule has 1 fully saturated rings. The summed E-state index contributed by atoms with van der Waals surface area (Å²) >= 11 is 0. The lowest BCUT2D eigenvalue weighted by Crippen LogP contribution is -2.69. The Labute approximate surface area is 229 Å². The average Bonchev–Trinajstić information content (AvgIpc) is 3.27. The highest BCUT2D eigenvalue weighted by molar-refractivity contribution is 6.99. The Morgan fingerprint density at radius 3 is 1.82 bits per heavy atom. The summed E-state index contributed by atoms with van der Waals surface area (Å²) in [5.74, 6) is -0.726. The molecule has 1 aliphatic rings. The van der Waals surface area contributed by atoms with E-state index < -0.39 is 19.6 Å². The Balaban J connectivity index is 1.80. The van der Waals surface area contributed by atoms with Crippen LogP contribution in [0, 0.1) is 0 Å². The van der Waals surface area contributed by atoms with Crippen molar-refractivity contribution in [1.82, 2.24) is 5.06 Å². The maximum absolute atomic E-state index is 11.8. The average molecular weight is 534 g/mol. The molecule has 3 aromatic carbocycles. The molecule has 0 aliphatic carbocycles. The van der Waals surface area contributed by atoms with Gasteiger partial charge in [-0.1, -0.05) is 119 Å². The van der Waals surface area contributed by atoms with Crippen molar-refractivity contribution in [2.75, 3.05) is 13.2 Å². The fourth-order valence-corrected chi connectivity index (χ4v) is 10.3. The number of benzene rings is 3. The predicted octanol–water partition coefficient (Wildman–Crippen LogP) is 5.75. The van der Waals surface area contributed by atoms with Gasteiger partial charge in [0.25, 0.3) is 8.32 Å². The number of hydrogen-bond acceptors (Lipinski definition) is 5. The van der Waals surface area contributed by atoms with Crippen LogP contribution in [0.2, 0.25) is 5.04 Å². The van der Waals surface area contributed by atoms with Gasteiger partial charge in [0.2, 0.25) is 0 Å². The Bertz CT molecular complexity index is 1110. The summed E-state index contributed by atoms with van der Waals surface area (Å²) in [6, 6.07) is 31.3. The number of rotatable bonds is 10. The van der Waals surface area contributed by atoms with Crippen molar-refractivity contribution < 1.29 is 19.1 Å². The van der Waals surface area contributed by atoms with Gasteiger partial charge < -0.3 is 19.1 Å². The van der Waals surface area contributed by atoms with Gasteiger partial charge in [0, 0.05) is 6.54 Å². The number of ether oxygens (including phenoxy) is 2. The highest BCUT2D eigenvalue weighted by Gasteiger charge is 2.55. The van der Waals surface area contributed by atoms with E-state index in [1.165, 1.54) is 15.4 Å². The molecule has 5 nitrogen and oxygen atoms in total. The van der Waals surface area contributed by atoms with E-state index in [4.69, 9.17) is 13.9 Å².